The van der Waals surface area contributed by atoms with Gasteiger partial charge in [-0.25, -0.2) is 4.52 Å². The van der Waals surface area contributed by atoms with Crippen LogP contribution in [0.25, 0.3) is 5.52 Å². The van der Waals surface area contributed by atoms with Crippen molar-refractivity contribution in [3.8, 4) is 0 Å². The lowest BCUT2D eigenvalue weighted by molar-refractivity contribution is -0.107. The smallest absolute Gasteiger partial charge is 0.120 e. The number of nitrogens with zero attached hydrogens (tertiary/aromatic N) is 2. The molecule has 66 valence electrons. The van der Waals surface area contributed by atoms with Gasteiger partial charge < -0.3 is 4.79 Å². The van der Waals surface area contributed by atoms with Crippen LogP contribution >= 0.6 is 0 Å². The highest BCUT2D eigenvalue weighted by Crippen LogP contribution is 2.10. The Hall–Kier alpha value is -1.64. The van der Waals surface area contributed by atoms with Gasteiger partial charge in [-0.2, -0.15) is 5.10 Å². The SMILES string of the molecule is O=CCCc1cnn2ccccc12. The molecule has 2 aromatic heterocycles. The maximum absolute atomic E-state index is 10.2. The van der Waals surface area contributed by atoms with E-state index >= 15 is 0 Å². The van der Waals surface area contributed by atoms with Crippen LogP contribution in [-0.2, 0) is 11.2 Å². The van der Waals surface area contributed by atoms with Crippen molar-refractivity contribution in [2.75, 3.05) is 0 Å². The first-order chi connectivity index (χ1) is 6.42. The van der Waals surface area contributed by atoms with Crippen molar-refractivity contribution in [1.29, 1.82) is 0 Å². The van der Waals surface area contributed by atoms with E-state index in [-0.39, 0.29) is 0 Å². The Balaban J connectivity index is 2.40. The summed E-state index contributed by atoms with van der Waals surface area (Å²) in [6, 6.07) is 5.91. The van der Waals surface area contributed by atoms with Crippen molar-refractivity contribution in [1.82, 2.24) is 9.61 Å². The van der Waals surface area contributed by atoms with Gasteiger partial charge in [-0.15, -0.1) is 0 Å². The lowest BCUT2D eigenvalue weighted by Crippen LogP contribution is -1.86. The minimum atomic E-state index is 0.566. The monoisotopic (exact) mass is 174 g/mol. The molecular weight excluding hydrogens is 164 g/mol. The minimum absolute atomic E-state index is 0.566. The van der Waals surface area contributed by atoms with E-state index in [2.05, 4.69) is 5.10 Å². The van der Waals surface area contributed by atoms with Crippen molar-refractivity contribution in [3.05, 3.63) is 36.2 Å². The van der Waals surface area contributed by atoms with Crippen LogP contribution in [0.5, 0.6) is 0 Å². The molecule has 0 unspecified atom stereocenters. The molecule has 0 aliphatic carbocycles. The molecule has 0 radical (unpaired) electrons. The molecular formula is C10H10N2O. The molecule has 13 heavy (non-hydrogen) atoms. The van der Waals surface area contributed by atoms with E-state index in [1.807, 2.05) is 35.1 Å². The van der Waals surface area contributed by atoms with E-state index in [9.17, 15) is 4.79 Å². The zero-order chi connectivity index (χ0) is 9.10. The van der Waals surface area contributed by atoms with Gasteiger partial charge in [-0.3, -0.25) is 0 Å². The number of rotatable bonds is 3. The molecule has 0 aromatic carbocycles. The summed E-state index contributed by atoms with van der Waals surface area (Å²) >= 11 is 0. The van der Waals surface area contributed by atoms with Crippen LogP contribution in [0, 0.1) is 0 Å². The number of pyridine rings is 1. The number of aldehydes is 1. The van der Waals surface area contributed by atoms with Gasteiger partial charge in [0.15, 0.2) is 0 Å². The Morgan fingerprint density at radius 2 is 2.38 bits per heavy atom. The topological polar surface area (TPSA) is 34.4 Å². The molecule has 2 aromatic rings. The molecule has 0 aliphatic rings. The van der Waals surface area contributed by atoms with Crippen LogP contribution in [0.4, 0.5) is 0 Å². The lowest BCUT2D eigenvalue weighted by atomic mass is 10.1. The van der Waals surface area contributed by atoms with Crippen molar-refractivity contribution in [2.24, 2.45) is 0 Å². The summed E-state index contributed by atoms with van der Waals surface area (Å²) in [5.41, 5.74) is 2.22. The second-order valence-electron chi connectivity index (χ2n) is 2.91. The molecule has 0 fully saturated rings. The van der Waals surface area contributed by atoms with Gasteiger partial charge in [0, 0.05) is 12.6 Å². The average Bonchev–Trinajstić information content (AvgIpc) is 2.58. The second kappa shape index (κ2) is 3.39. The Morgan fingerprint density at radius 3 is 3.23 bits per heavy atom. The Bertz CT molecular complexity index is 420. The molecule has 0 atom stereocenters. The van der Waals surface area contributed by atoms with Crippen molar-refractivity contribution in [2.45, 2.75) is 12.8 Å². The molecule has 2 heterocycles. The summed E-state index contributed by atoms with van der Waals surface area (Å²) in [4.78, 5) is 10.2. The normalized spacial score (nSPS) is 10.5. The van der Waals surface area contributed by atoms with Crippen molar-refractivity contribution in [3.63, 3.8) is 0 Å². The third-order valence-electron chi connectivity index (χ3n) is 2.04. The van der Waals surface area contributed by atoms with Gasteiger partial charge in [-0.05, 0) is 24.1 Å². The van der Waals surface area contributed by atoms with Crippen molar-refractivity contribution < 1.29 is 4.79 Å². The molecule has 0 aliphatic heterocycles. The number of hydrogen-bond donors (Lipinski definition) is 0. The van der Waals surface area contributed by atoms with E-state index in [0.717, 1.165) is 23.8 Å². The van der Waals surface area contributed by atoms with Crippen LogP contribution in [0.3, 0.4) is 0 Å². The van der Waals surface area contributed by atoms with Gasteiger partial charge in [0.05, 0.1) is 11.7 Å². The zero-order valence-corrected chi connectivity index (χ0v) is 7.18. The molecule has 3 nitrogen and oxygen atoms in total. The van der Waals surface area contributed by atoms with Gasteiger partial charge in [0.2, 0.25) is 0 Å². The van der Waals surface area contributed by atoms with E-state index < -0.39 is 0 Å². The fraction of sp³-hybridized carbons (Fsp3) is 0.200. The number of carbonyl (C=O) groups excluding carboxylic acids is 1. The Morgan fingerprint density at radius 1 is 1.46 bits per heavy atom. The first-order valence-corrected chi connectivity index (χ1v) is 4.26. The highest BCUT2D eigenvalue weighted by Gasteiger charge is 2.01. The number of aryl methyl sites for hydroxylation is 1. The summed E-state index contributed by atoms with van der Waals surface area (Å²) in [6.45, 7) is 0. The van der Waals surface area contributed by atoms with E-state index in [4.69, 9.17) is 0 Å². The standard InChI is InChI=1S/C10H10N2O/c13-7-3-4-9-8-11-12-6-2-1-5-10(9)12/h1-2,5-8H,3-4H2. The largest absolute Gasteiger partial charge is 0.303 e. The molecule has 0 saturated carbocycles. The van der Waals surface area contributed by atoms with Crippen LogP contribution in [0.2, 0.25) is 0 Å². The molecule has 3 heteroatoms. The maximum atomic E-state index is 10.2. The second-order valence-corrected chi connectivity index (χ2v) is 2.91. The lowest BCUT2D eigenvalue weighted by Gasteiger charge is -1.94. The number of aromatic nitrogens is 2. The van der Waals surface area contributed by atoms with Crippen LogP contribution in [0.1, 0.15) is 12.0 Å². The maximum Gasteiger partial charge on any atom is 0.120 e. The van der Waals surface area contributed by atoms with Crippen LogP contribution in [-0.4, -0.2) is 15.9 Å². The van der Waals surface area contributed by atoms with E-state index in [0.29, 0.717) is 6.42 Å². The number of fused-ring (bicyclic) bond motifs is 1. The van der Waals surface area contributed by atoms with E-state index in [1.54, 1.807) is 0 Å². The molecule has 0 N–H and O–H groups in total. The van der Waals surface area contributed by atoms with Crippen LogP contribution < -0.4 is 0 Å². The summed E-state index contributed by atoms with van der Waals surface area (Å²) in [7, 11) is 0. The van der Waals surface area contributed by atoms with E-state index in [1.165, 1.54) is 0 Å². The van der Waals surface area contributed by atoms with Gasteiger partial charge in [0.1, 0.15) is 6.29 Å². The fourth-order valence-electron chi connectivity index (χ4n) is 1.39. The minimum Gasteiger partial charge on any atom is -0.303 e. The van der Waals surface area contributed by atoms with Gasteiger partial charge >= 0.3 is 0 Å². The summed E-state index contributed by atoms with van der Waals surface area (Å²) in [5, 5.41) is 4.17. The van der Waals surface area contributed by atoms with Crippen LogP contribution in [0.15, 0.2) is 30.6 Å². The third kappa shape index (κ3) is 1.45. The Kier molecular flexibility index (Phi) is 2.08. The number of carbonyl (C=O) groups is 1. The predicted molar refractivity (Wildman–Crippen MR) is 49.6 cm³/mol. The number of hydrogen-bond acceptors (Lipinski definition) is 2. The predicted octanol–water partition coefficient (Wildman–Crippen LogP) is 1.47. The fourth-order valence-corrected chi connectivity index (χ4v) is 1.39. The first-order valence-electron chi connectivity index (χ1n) is 4.26. The Labute approximate surface area is 76.0 Å². The average molecular weight is 174 g/mol. The first kappa shape index (κ1) is 7.98. The summed E-state index contributed by atoms with van der Waals surface area (Å²) < 4.78 is 1.82. The molecule has 0 spiro atoms. The molecule has 0 amide bonds. The van der Waals surface area contributed by atoms with Crippen molar-refractivity contribution >= 4 is 11.8 Å². The third-order valence-corrected chi connectivity index (χ3v) is 2.04. The molecule has 2 rings (SSSR count). The van der Waals surface area contributed by atoms with Gasteiger partial charge in [0.25, 0.3) is 0 Å². The zero-order valence-electron chi connectivity index (χ0n) is 7.18. The quantitative estimate of drug-likeness (QED) is 0.660. The highest BCUT2D eigenvalue weighted by molar-refractivity contribution is 5.56. The summed E-state index contributed by atoms with van der Waals surface area (Å²) in [5.74, 6) is 0. The van der Waals surface area contributed by atoms with Gasteiger partial charge in [-0.1, -0.05) is 6.07 Å². The molecule has 0 bridgehead atoms. The molecule has 0 saturated heterocycles. The summed E-state index contributed by atoms with van der Waals surface area (Å²) in [6.07, 6.45) is 6.00. The highest BCUT2D eigenvalue weighted by atomic mass is 16.1.